The number of aliphatic imine (C=N–C) groups is 1. The van der Waals surface area contributed by atoms with Crippen LogP contribution in [-0.2, 0) is 9.47 Å². The molecule has 22 heavy (non-hydrogen) atoms. The average molecular weight is 427 g/mol. The number of rotatable bonds is 5. The number of ether oxygens (including phenoxy) is 2. The van der Waals surface area contributed by atoms with Crippen molar-refractivity contribution >= 4 is 29.9 Å². The van der Waals surface area contributed by atoms with E-state index < -0.39 is 0 Å². The summed E-state index contributed by atoms with van der Waals surface area (Å²) in [5.74, 6) is 1.35. The van der Waals surface area contributed by atoms with Gasteiger partial charge in [-0.1, -0.05) is 20.8 Å². The zero-order valence-electron chi connectivity index (χ0n) is 14.9. The van der Waals surface area contributed by atoms with Gasteiger partial charge in [-0.3, -0.25) is 4.99 Å². The van der Waals surface area contributed by atoms with E-state index >= 15 is 0 Å². The fraction of sp³-hybridized carbons (Fsp3) is 0.938. The SMILES string of the molecule is CN=C(NCC1CCCOC1C(C)(C)C)NC(C)COC.I. The van der Waals surface area contributed by atoms with Crippen molar-refractivity contribution in [2.45, 2.75) is 52.7 Å². The van der Waals surface area contributed by atoms with E-state index in [1.54, 1.807) is 14.2 Å². The zero-order valence-corrected chi connectivity index (χ0v) is 17.3. The van der Waals surface area contributed by atoms with Crippen molar-refractivity contribution in [1.82, 2.24) is 10.6 Å². The maximum atomic E-state index is 6.02. The van der Waals surface area contributed by atoms with Gasteiger partial charge in [0.1, 0.15) is 0 Å². The number of nitrogens with one attached hydrogen (secondary N) is 2. The van der Waals surface area contributed by atoms with Gasteiger partial charge in [-0.2, -0.15) is 0 Å². The Bertz CT molecular complexity index is 332. The third-order valence-corrected chi connectivity index (χ3v) is 3.85. The second-order valence-electron chi connectivity index (χ2n) is 7.01. The van der Waals surface area contributed by atoms with E-state index in [1.165, 1.54) is 6.42 Å². The van der Waals surface area contributed by atoms with Crippen LogP contribution in [0.2, 0.25) is 0 Å². The molecule has 1 aliphatic heterocycles. The van der Waals surface area contributed by atoms with Crippen LogP contribution in [-0.4, -0.2) is 52.0 Å². The molecule has 1 fully saturated rings. The number of guanidine groups is 1. The van der Waals surface area contributed by atoms with Gasteiger partial charge in [0.2, 0.25) is 0 Å². The van der Waals surface area contributed by atoms with Gasteiger partial charge in [0, 0.05) is 39.3 Å². The molecule has 1 heterocycles. The minimum Gasteiger partial charge on any atom is -0.383 e. The highest BCUT2D eigenvalue weighted by Gasteiger charge is 2.35. The van der Waals surface area contributed by atoms with Crippen molar-refractivity contribution in [2.24, 2.45) is 16.3 Å². The van der Waals surface area contributed by atoms with Crippen molar-refractivity contribution in [3.8, 4) is 0 Å². The summed E-state index contributed by atoms with van der Waals surface area (Å²) >= 11 is 0. The quantitative estimate of drug-likeness (QED) is 0.403. The van der Waals surface area contributed by atoms with Gasteiger partial charge < -0.3 is 20.1 Å². The summed E-state index contributed by atoms with van der Waals surface area (Å²) in [7, 11) is 3.51. The Kier molecular flexibility index (Phi) is 10.6. The lowest BCUT2D eigenvalue weighted by Gasteiger charge is -2.40. The van der Waals surface area contributed by atoms with Crippen LogP contribution in [0.5, 0.6) is 0 Å². The van der Waals surface area contributed by atoms with E-state index in [0.717, 1.165) is 25.5 Å². The summed E-state index contributed by atoms with van der Waals surface area (Å²) in [6.45, 7) is 11.3. The Morgan fingerprint density at radius 3 is 2.64 bits per heavy atom. The Hall–Kier alpha value is -0.0800. The number of hydrogen-bond donors (Lipinski definition) is 2. The number of nitrogens with zero attached hydrogens (tertiary/aromatic N) is 1. The molecule has 0 aromatic carbocycles. The lowest BCUT2D eigenvalue weighted by molar-refractivity contribution is -0.0835. The fourth-order valence-corrected chi connectivity index (χ4v) is 2.96. The molecule has 132 valence electrons. The second-order valence-corrected chi connectivity index (χ2v) is 7.01. The molecule has 0 bridgehead atoms. The van der Waals surface area contributed by atoms with Crippen LogP contribution >= 0.6 is 24.0 Å². The maximum absolute atomic E-state index is 6.02. The molecule has 0 spiro atoms. The largest absolute Gasteiger partial charge is 0.383 e. The minimum absolute atomic E-state index is 0. The second kappa shape index (κ2) is 10.6. The topological polar surface area (TPSA) is 54.9 Å². The predicted octanol–water partition coefficient (Wildman–Crippen LogP) is 2.65. The van der Waals surface area contributed by atoms with E-state index in [2.05, 4.69) is 43.3 Å². The molecule has 3 unspecified atom stereocenters. The molecule has 2 N–H and O–H groups in total. The van der Waals surface area contributed by atoms with Gasteiger partial charge in [0.25, 0.3) is 0 Å². The summed E-state index contributed by atoms with van der Waals surface area (Å²) in [5.41, 5.74) is 0.174. The van der Waals surface area contributed by atoms with E-state index in [0.29, 0.717) is 18.6 Å². The number of methoxy groups -OCH3 is 1. The maximum Gasteiger partial charge on any atom is 0.191 e. The van der Waals surface area contributed by atoms with Crippen LogP contribution in [0.25, 0.3) is 0 Å². The van der Waals surface area contributed by atoms with Gasteiger partial charge in [-0.15, -0.1) is 24.0 Å². The molecule has 0 saturated carbocycles. The average Bonchev–Trinajstić information content (AvgIpc) is 2.43. The van der Waals surface area contributed by atoms with Crippen LogP contribution < -0.4 is 10.6 Å². The molecule has 0 amide bonds. The first-order valence-corrected chi connectivity index (χ1v) is 7.96. The van der Waals surface area contributed by atoms with E-state index in [1.807, 2.05) is 0 Å². The summed E-state index contributed by atoms with van der Waals surface area (Å²) < 4.78 is 11.2. The predicted molar refractivity (Wildman–Crippen MR) is 103 cm³/mol. The normalized spacial score (nSPS) is 24.4. The standard InChI is InChI=1S/C16H33N3O2.HI/c1-12(11-20-6)19-15(17-5)18-10-13-8-7-9-21-14(13)16(2,3)4;/h12-14H,7-11H2,1-6H3,(H2,17,18,19);1H. The lowest BCUT2D eigenvalue weighted by atomic mass is 9.78. The molecule has 0 aromatic rings. The van der Waals surface area contributed by atoms with Gasteiger partial charge in [-0.25, -0.2) is 0 Å². The first-order valence-electron chi connectivity index (χ1n) is 7.96. The first kappa shape index (κ1) is 21.9. The van der Waals surface area contributed by atoms with Crippen molar-refractivity contribution < 1.29 is 9.47 Å². The van der Waals surface area contributed by atoms with E-state index in [4.69, 9.17) is 9.47 Å². The third kappa shape index (κ3) is 7.46. The lowest BCUT2D eigenvalue weighted by Crippen LogP contribution is -2.49. The van der Waals surface area contributed by atoms with Gasteiger partial charge >= 0.3 is 0 Å². The van der Waals surface area contributed by atoms with Crippen LogP contribution in [0.15, 0.2) is 4.99 Å². The fourth-order valence-electron chi connectivity index (χ4n) is 2.96. The monoisotopic (exact) mass is 427 g/mol. The molecule has 0 aromatic heterocycles. The summed E-state index contributed by atoms with van der Waals surface area (Å²) in [6, 6.07) is 0.238. The van der Waals surface area contributed by atoms with Gasteiger partial charge in [0.05, 0.1) is 12.7 Å². The zero-order chi connectivity index (χ0) is 15.9. The molecular formula is C16H34IN3O2. The Morgan fingerprint density at radius 1 is 1.41 bits per heavy atom. The van der Waals surface area contributed by atoms with Crippen molar-refractivity contribution in [1.29, 1.82) is 0 Å². The smallest absolute Gasteiger partial charge is 0.191 e. The summed E-state index contributed by atoms with van der Waals surface area (Å²) in [4.78, 5) is 4.28. The van der Waals surface area contributed by atoms with Crippen molar-refractivity contribution in [2.75, 3.05) is 33.9 Å². The van der Waals surface area contributed by atoms with Gasteiger partial charge in [0.15, 0.2) is 5.96 Å². The molecular weight excluding hydrogens is 393 g/mol. The molecule has 0 aliphatic carbocycles. The highest BCUT2D eigenvalue weighted by molar-refractivity contribution is 14.0. The van der Waals surface area contributed by atoms with Crippen LogP contribution in [0.1, 0.15) is 40.5 Å². The molecule has 1 saturated heterocycles. The highest BCUT2D eigenvalue weighted by Crippen LogP contribution is 2.33. The number of hydrogen-bond acceptors (Lipinski definition) is 3. The highest BCUT2D eigenvalue weighted by atomic mass is 127. The Balaban J connectivity index is 0.00000441. The molecule has 6 heteroatoms. The Labute approximate surface area is 153 Å². The molecule has 5 nitrogen and oxygen atoms in total. The first-order chi connectivity index (χ1) is 9.88. The van der Waals surface area contributed by atoms with Crippen LogP contribution in [0, 0.1) is 11.3 Å². The van der Waals surface area contributed by atoms with E-state index in [-0.39, 0.29) is 35.4 Å². The molecule has 0 radical (unpaired) electrons. The molecule has 1 aliphatic rings. The third-order valence-electron chi connectivity index (χ3n) is 3.85. The van der Waals surface area contributed by atoms with Crippen LogP contribution in [0.4, 0.5) is 0 Å². The molecule has 1 rings (SSSR count). The summed E-state index contributed by atoms with van der Waals surface area (Å²) in [6.07, 6.45) is 2.65. The van der Waals surface area contributed by atoms with E-state index in [9.17, 15) is 0 Å². The Morgan fingerprint density at radius 2 is 2.09 bits per heavy atom. The summed E-state index contributed by atoms with van der Waals surface area (Å²) in [5, 5.41) is 6.77. The minimum atomic E-state index is 0. The molecule has 3 atom stereocenters. The van der Waals surface area contributed by atoms with Gasteiger partial charge in [-0.05, 0) is 25.2 Å². The van der Waals surface area contributed by atoms with Crippen molar-refractivity contribution in [3.63, 3.8) is 0 Å². The van der Waals surface area contributed by atoms with Crippen molar-refractivity contribution in [3.05, 3.63) is 0 Å². The van der Waals surface area contributed by atoms with Crippen LogP contribution in [0.3, 0.4) is 0 Å². The number of halogens is 1.